The molecule has 3 nitrogen and oxygen atoms in total. The smallest absolute Gasteiger partial charge is 0.0363 e. The van der Waals surface area contributed by atoms with Crippen molar-refractivity contribution in [2.24, 2.45) is 5.73 Å². The first-order valence-corrected chi connectivity index (χ1v) is 6.68. The molecule has 0 atom stereocenters. The van der Waals surface area contributed by atoms with E-state index in [2.05, 4.69) is 53.3 Å². The molecule has 0 fully saturated rings. The van der Waals surface area contributed by atoms with Crippen molar-refractivity contribution in [3.8, 4) is 0 Å². The molecular formula is C16H21N3. The molecule has 0 spiro atoms. The maximum absolute atomic E-state index is 5.55. The average molecular weight is 255 g/mol. The van der Waals surface area contributed by atoms with Gasteiger partial charge in [0.2, 0.25) is 0 Å². The van der Waals surface area contributed by atoms with E-state index in [0.29, 0.717) is 6.54 Å². The van der Waals surface area contributed by atoms with E-state index in [4.69, 9.17) is 5.73 Å². The SMILES string of the molecule is CN(CCc1ccncc1)c1ccc(CCN)cc1. The number of pyridine rings is 1. The lowest BCUT2D eigenvalue weighted by atomic mass is 10.1. The van der Waals surface area contributed by atoms with Gasteiger partial charge in [0.1, 0.15) is 0 Å². The first-order valence-electron chi connectivity index (χ1n) is 6.68. The number of benzene rings is 1. The Bertz CT molecular complexity index is 479. The Morgan fingerprint density at radius 1 is 0.947 bits per heavy atom. The van der Waals surface area contributed by atoms with Crippen LogP contribution in [0.25, 0.3) is 0 Å². The highest BCUT2D eigenvalue weighted by Gasteiger charge is 2.01. The Labute approximate surface area is 115 Å². The van der Waals surface area contributed by atoms with Gasteiger partial charge in [-0.2, -0.15) is 0 Å². The van der Waals surface area contributed by atoms with Gasteiger partial charge in [-0.05, 0) is 54.8 Å². The van der Waals surface area contributed by atoms with Crippen LogP contribution in [0.2, 0.25) is 0 Å². The summed E-state index contributed by atoms with van der Waals surface area (Å²) in [5.41, 5.74) is 9.42. The van der Waals surface area contributed by atoms with Crippen LogP contribution in [0.5, 0.6) is 0 Å². The van der Waals surface area contributed by atoms with E-state index in [1.165, 1.54) is 16.8 Å². The van der Waals surface area contributed by atoms with Gasteiger partial charge in [0.05, 0.1) is 0 Å². The normalized spacial score (nSPS) is 10.4. The van der Waals surface area contributed by atoms with E-state index < -0.39 is 0 Å². The third-order valence-corrected chi connectivity index (χ3v) is 3.30. The number of likely N-dealkylation sites (N-methyl/N-ethyl adjacent to an activating group) is 1. The van der Waals surface area contributed by atoms with E-state index in [-0.39, 0.29) is 0 Å². The number of aromatic nitrogens is 1. The fourth-order valence-electron chi connectivity index (χ4n) is 2.06. The zero-order chi connectivity index (χ0) is 13.5. The topological polar surface area (TPSA) is 42.2 Å². The maximum Gasteiger partial charge on any atom is 0.0363 e. The van der Waals surface area contributed by atoms with Gasteiger partial charge in [-0.25, -0.2) is 0 Å². The van der Waals surface area contributed by atoms with Crippen LogP contribution in [-0.4, -0.2) is 25.1 Å². The number of nitrogens with zero attached hydrogens (tertiary/aromatic N) is 2. The molecule has 1 aromatic heterocycles. The molecule has 0 aliphatic heterocycles. The highest BCUT2D eigenvalue weighted by atomic mass is 15.1. The number of hydrogen-bond donors (Lipinski definition) is 1. The fraction of sp³-hybridized carbons (Fsp3) is 0.312. The molecular weight excluding hydrogens is 234 g/mol. The highest BCUT2D eigenvalue weighted by Crippen LogP contribution is 2.14. The lowest BCUT2D eigenvalue weighted by molar-refractivity contribution is 0.873. The summed E-state index contributed by atoms with van der Waals surface area (Å²) in [4.78, 5) is 6.30. The Morgan fingerprint density at radius 3 is 2.21 bits per heavy atom. The number of hydrogen-bond acceptors (Lipinski definition) is 3. The third-order valence-electron chi connectivity index (χ3n) is 3.30. The van der Waals surface area contributed by atoms with Gasteiger partial charge in [-0.3, -0.25) is 4.98 Å². The highest BCUT2D eigenvalue weighted by molar-refractivity contribution is 5.47. The standard InChI is InChI=1S/C16H21N3/c1-19(13-9-15-7-11-18-12-8-15)16-4-2-14(3-5-16)6-10-17/h2-5,7-8,11-12H,6,9-10,13,17H2,1H3. The molecule has 0 aliphatic carbocycles. The fourth-order valence-corrected chi connectivity index (χ4v) is 2.06. The largest absolute Gasteiger partial charge is 0.374 e. The van der Waals surface area contributed by atoms with Gasteiger partial charge < -0.3 is 10.6 Å². The molecule has 0 amide bonds. The van der Waals surface area contributed by atoms with Crippen molar-refractivity contribution in [2.75, 3.05) is 25.0 Å². The molecule has 2 rings (SSSR count). The van der Waals surface area contributed by atoms with Crippen molar-refractivity contribution in [1.82, 2.24) is 4.98 Å². The van der Waals surface area contributed by atoms with Gasteiger partial charge in [0.25, 0.3) is 0 Å². The summed E-state index contributed by atoms with van der Waals surface area (Å²) in [7, 11) is 2.12. The van der Waals surface area contributed by atoms with E-state index >= 15 is 0 Å². The van der Waals surface area contributed by atoms with Gasteiger partial charge >= 0.3 is 0 Å². The van der Waals surface area contributed by atoms with Crippen LogP contribution in [0.15, 0.2) is 48.8 Å². The van der Waals surface area contributed by atoms with Crippen LogP contribution >= 0.6 is 0 Å². The Hall–Kier alpha value is -1.87. The van der Waals surface area contributed by atoms with Crippen LogP contribution < -0.4 is 10.6 Å². The maximum atomic E-state index is 5.55. The lowest BCUT2D eigenvalue weighted by Crippen LogP contribution is -2.20. The van der Waals surface area contributed by atoms with Crippen LogP contribution in [0.4, 0.5) is 5.69 Å². The van der Waals surface area contributed by atoms with Crippen molar-refractivity contribution in [3.05, 3.63) is 59.9 Å². The molecule has 0 saturated heterocycles. The summed E-state index contributed by atoms with van der Waals surface area (Å²) in [5.74, 6) is 0. The summed E-state index contributed by atoms with van der Waals surface area (Å²) in [6.07, 6.45) is 5.67. The predicted octanol–water partition coefficient (Wildman–Crippen LogP) is 2.26. The zero-order valence-electron chi connectivity index (χ0n) is 11.4. The van der Waals surface area contributed by atoms with Crippen LogP contribution in [0.3, 0.4) is 0 Å². The lowest BCUT2D eigenvalue weighted by Gasteiger charge is -2.19. The molecule has 1 heterocycles. The quantitative estimate of drug-likeness (QED) is 0.861. The van der Waals surface area contributed by atoms with Crippen LogP contribution in [0.1, 0.15) is 11.1 Å². The van der Waals surface area contributed by atoms with Gasteiger partial charge in [-0.1, -0.05) is 12.1 Å². The van der Waals surface area contributed by atoms with Crippen molar-refractivity contribution in [2.45, 2.75) is 12.8 Å². The van der Waals surface area contributed by atoms with E-state index in [1.54, 1.807) is 0 Å². The average Bonchev–Trinajstić information content (AvgIpc) is 2.47. The van der Waals surface area contributed by atoms with E-state index in [9.17, 15) is 0 Å². The van der Waals surface area contributed by atoms with Gasteiger partial charge in [0.15, 0.2) is 0 Å². The molecule has 3 heteroatoms. The molecule has 100 valence electrons. The summed E-state index contributed by atoms with van der Waals surface area (Å²) < 4.78 is 0. The summed E-state index contributed by atoms with van der Waals surface area (Å²) in [5, 5.41) is 0. The Morgan fingerprint density at radius 2 is 1.58 bits per heavy atom. The molecule has 0 unspecified atom stereocenters. The second-order valence-electron chi connectivity index (χ2n) is 4.73. The van der Waals surface area contributed by atoms with Gasteiger partial charge in [-0.15, -0.1) is 0 Å². The third kappa shape index (κ3) is 4.07. The minimum Gasteiger partial charge on any atom is -0.374 e. The minimum atomic E-state index is 0.706. The van der Waals surface area contributed by atoms with Crippen molar-refractivity contribution >= 4 is 5.69 Å². The second kappa shape index (κ2) is 6.90. The van der Waals surface area contributed by atoms with Crippen molar-refractivity contribution < 1.29 is 0 Å². The van der Waals surface area contributed by atoms with Crippen LogP contribution in [-0.2, 0) is 12.8 Å². The second-order valence-corrected chi connectivity index (χ2v) is 4.73. The summed E-state index contributed by atoms with van der Waals surface area (Å²) >= 11 is 0. The molecule has 2 aromatic rings. The van der Waals surface area contributed by atoms with Crippen molar-refractivity contribution in [1.29, 1.82) is 0 Å². The van der Waals surface area contributed by atoms with Gasteiger partial charge in [0, 0.05) is 31.7 Å². The summed E-state index contributed by atoms with van der Waals surface area (Å²) in [6, 6.07) is 12.8. The first kappa shape index (κ1) is 13.6. The molecule has 2 N–H and O–H groups in total. The molecule has 1 aromatic carbocycles. The van der Waals surface area contributed by atoms with E-state index in [0.717, 1.165) is 19.4 Å². The Balaban J connectivity index is 1.90. The molecule has 0 bridgehead atoms. The summed E-state index contributed by atoms with van der Waals surface area (Å²) in [6.45, 7) is 1.71. The first-order chi connectivity index (χ1) is 9.29. The number of rotatable bonds is 6. The molecule has 0 radical (unpaired) electrons. The molecule has 0 aliphatic rings. The monoisotopic (exact) mass is 255 g/mol. The Kier molecular flexibility index (Phi) is 4.93. The number of nitrogens with two attached hydrogens (primary N) is 1. The predicted molar refractivity (Wildman–Crippen MR) is 80.4 cm³/mol. The van der Waals surface area contributed by atoms with Crippen LogP contribution in [0, 0.1) is 0 Å². The zero-order valence-corrected chi connectivity index (χ0v) is 11.4. The number of anilines is 1. The minimum absolute atomic E-state index is 0.706. The molecule has 19 heavy (non-hydrogen) atoms. The molecule has 0 saturated carbocycles. The van der Waals surface area contributed by atoms with Crippen molar-refractivity contribution in [3.63, 3.8) is 0 Å². The van der Waals surface area contributed by atoms with E-state index in [1.807, 2.05) is 12.4 Å².